The lowest BCUT2D eigenvalue weighted by molar-refractivity contribution is 0.0989. The number of thiazole rings is 1. The molecule has 0 atom stereocenters. The largest absolute Gasteiger partial charge is 0.292 e. The van der Waals surface area contributed by atoms with Crippen molar-refractivity contribution >= 4 is 28.5 Å². The van der Waals surface area contributed by atoms with E-state index >= 15 is 0 Å². The number of carbonyl (C=O) groups excluding carboxylic acids is 1. The molecule has 0 fully saturated rings. The van der Waals surface area contributed by atoms with Crippen LogP contribution in [0.4, 0.5) is 0 Å². The van der Waals surface area contributed by atoms with Gasteiger partial charge in [0, 0.05) is 11.8 Å². The third-order valence-electron chi connectivity index (χ3n) is 1.66. The van der Waals surface area contributed by atoms with Crippen LogP contribution in [0, 0.1) is 0 Å². The third-order valence-corrected chi connectivity index (χ3v) is 2.98. The summed E-state index contributed by atoms with van der Waals surface area (Å²) in [5, 5.41) is 5.75. The van der Waals surface area contributed by atoms with Crippen LogP contribution in [0.25, 0.3) is 0 Å². The Morgan fingerprint density at radius 3 is 2.92 bits per heavy atom. The molecule has 0 aliphatic heterocycles. The highest BCUT2D eigenvalue weighted by Gasteiger charge is 2.08. The standard InChI is InChI=1S/C9H7NOS2/c11-9(8-5-13-6-10-8)3-7-1-2-12-4-7/h1-2,4-6H,3H2. The number of aromatic nitrogens is 1. The minimum absolute atomic E-state index is 0.0969. The van der Waals surface area contributed by atoms with Crippen LogP contribution in [0.5, 0.6) is 0 Å². The summed E-state index contributed by atoms with van der Waals surface area (Å²) in [6, 6.07) is 1.97. The normalized spacial score (nSPS) is 10.2. The Morgan fingerprint density at radius 1 is 1.38 bits per heavy atom. The van der Waals surface area contributed by atoms with Crippen LogP contribution in [-0.4, -0.2) is 10.8 Å². The number of rotatable bonds is 3. The first kappa shape index (κ1) is 8.59. The van der Waals surface area contributed by atoms with Crippen LogP contribution in [0.2, 0.25) is 0 Å². The quantitative estimate of drug-likeness (QED) is 0.727. The molecule has 0 saturated carbocycles. The average Bonchev–Trinajstić information content (AvgIpc) is 2.74. The van der Waals surface area contributed by atoms with E-state index in [2.05, 4.69) is 4.98 Å². The predicted molar refractivity (Wildman–Crippen MR) is 54.5 cm³/mol. The number of ketones is 1. The first-order valence-corrected chi connectivity index (χ1v) is 5.67. The second-order valence-electron chi connectivity index (χ2n) is 2.61. The van der Waals surface area contributed by atoms with Crippen molar-refractivity contribution in [2.24, 2.45) is 0 Å². The van der Waals surface area contributed by atoms with Crippen molar-refractivity contribution in [3.05, 3.63) is 39.0 Å². The van der Waals surface area contributed by atoms with Crippen LogP contribution in [-0.2, 0) is 6.42 Å². The van der Waals surface area contributed by atoms with Gasteiger partial charge in [0.05, 0.1) is 5.51 Å². The second-order valence-corrected chi connectivity index (χ2v) is 4.10. The first-order chi connectivity index (χ1) is 6.36. The highest BCUT2D eigenvalue weighted by atomic mass is 32.1. The molecule has 0 aliphatic rings. The third kappa shape index (κ3) is 2.02. The van der Waals surface area contributed by atoms with Gasteiger partial charge in [0.15, 0.2) is 5.78 Å². The molecule has 2 heterocycles. The van der Waals surface area contributed by atoms with Gasteiger partial charge >= 0.3 is 0 Å². The van der Waals surface area contributed by atoms with E-state index < -0.39 is 0 Å². The zero-order chi connectivity index (χ0) is 9.10. The maximum atomic E-state index is 11.5. The highest BCUT2D eigenvalue weighted by Crippen LogP contribution is 2.10. The fourth-order valence-corrected chi connectivity index (χ4v) is 2.24. The Balaban J connectivity index is 2.08. The van der Waals surface area contributed by atoms with Crippen molar-refractivity contribution in [2.75, 3.05) is 0 Å². The minimum Gasteiger partial charge on any atom is -0.292 e. The van der Waals surface area contributed by atoms with Gasteiger partial charge in [-0.15, -0.1) is 11.3 Å². The summed E-state index contributed by atoms with van der Waals surface area (Å²) >= 11 is 3.06. The van der Waals surface area contributed by atoms with E-state index in [4.69, 9.17) is 0 Å². The number of carbonyl (C=O) groups is 1. The Hall–Kier alpha value is -1.00. The number of nitrogens with zero attached hydrogens (tertiary/aromatic N) is 1. The molecule has 4 heteroatoms. The van der Waals surface area contributed by atoms with Gasteiger partial charge < -0.3 is 0 Å². The van der Waals surface area contributed by atoms with Crippen LogP contribution < -0.4 is 0 Å². The molecule has 2 aromatic heterocycles. The van der Waals surface area contributed by atoms with Crippen LogP contribution in [0.3, 0.4) is 0 Å². The van der Waals surface area contributed by atoms with Gasteiger partial charge in [-0.1, -0.05) is 0 Å². The van der Waals surface area contributed by atoms with Gasteiger partial charge in [-0.3, -0.25) is 4.79 Å². The van der Waals surface area contributed by atoms with E-state index in [0.29, 0.717) is 12.1 Å². The van der Waals surface area contributed by atoms with Gasteiger partial charge in [-0.2, -0.15) is 11.3 Å². The lowest BCUT2D eigenvalue weighted by Gasteiger charge is -1.92. The van der Waals surface area contributed by atoms with E-state index in [1.165, 1.54) is 11.3 Å². The summed E-state index contributed by atoms with van der Waals surface area (Å²) in [6.07, 6.45) is 0.466. The Morgan fingerprint density at radius 2 is 2.31 bits per heavy atom. The van der Waals surface area contributed by atoms with E-state index in [1.54, 1.807) is 22.2 Å². The van der Waals surface area contributed by atoms with Gasteiger partial charge in [0.1, 0.15) is 5.69 Å². The molecular formula is C9H7NOS2. The lowest BCUT2D eigenvalue weighted by atomic mass is 10.1. The molecule has 66 valence electrons. The smallest absolute Gasteiger partial charge is 0.186 e. The van der Waals surface area contributed by atoms with Crippen molar-refractivity contribution in [3.8, 4) is 0 Å². The second kappa shape index (κ2) is 3.81. The molecule has 0 aliphatic carbocycles. The van der Waals surface area contributed by atoms with Crippen molar-refractivity contribution in [1.29, 1.82) is 0 Å². The SMILES string of the molecule is O=C(Cc1ccsc1)c1cscn1. The summed E-state index contributed by atoms with van der Waals surface area (Å²) in [6.45, 7) is 0. The van der Waals surface area contributed by atoms with Crippen molar-refractivity contribution < 1.29 is 4.79 Å². The number of thiophene rings is 1. The summed E-state index contributed by atoms with van der Waals surface area (Å²) in [5.41, 5.74) is 3.33. The first-order valence-electron chi connectivity index (χ1n) is 3.79. The zero-order valence-corrected chi connectivity index (χ0v) is 8.40. The van der Waals surface area contributed by atoms with Crippen molar-refractivity contribution in [3.63, 3.8) is 0 Å². The molecular weight excluding hydrogens is 202 g/mol. The van der Waals surface area contributed by atoms with E-state index in [0.717, 1.165) is 5.56 Å². The molecule has 0 bridgehead atoms. The lowest BCUT2D eigenvalue weighted by Crippen LogP contribution is -2.02. The zero-order valence-electron chi connectivity index (χ0n) is 6.77. The van der Waals surface area contributed by atoms with Crippen molar-refractivity contribution in [2.45, 2.75) is 6.42 Å². The molecule has 0 amide bonds. The molecule has 0 aromatic carbocycles. The average molecular weight is 209 g/mol. The molecule has 0 spiro atoms. The molecule has 2 nitrogen and oxygen atoms in total. The van der Waals surface area contributed by atoms with Crippen LogP contribution >= 0.6 is 22.7 Å². The van der Waals surface area contributed by atoms with E-state index in [1.807, 2.05) is 16.8 Å². The Labute approximate surface area is 83.9 Å². The van der Waals surface area contributed by atoms with Gasteiger partial charge in [-0.05, 0) is 22.4 Å². The van der Waals surface area contributed by atoms with Crippen LogP contribution in [0.15, 0.2) is 27.7 Å². The number of hydrogen-bond acceptors (Lipinski definition) is 4. The molecule has 2 aromatic rings. The van der Waals surface area contributed by atoms with Crippen molar-refractivity contribution in [1.82, 2.24) is 4.98 Å². The summed E-state index contributed by atoms with van der Waals surface area (Å²) < 4.78 is 0. The summed E-state index contributed by atoms with van der Waals surface area (Å²) in [5.74, 6) is 0.0969. The molecule has 13 heavy (non-hydrogen) atoms. The van der Waals surface area contributed by atoms with Gasteiger partial charge in [-0.25, -0.2) is 4.98 Å². The Kier molecular flexibility index (Phi) is 2.52. The van der Waals surface area contributed by atoms with E-state index in [9.17, 15) is 4.79 Å². The van der Waals surface area contributed by atoms with E-state index in [-0.39, 0.29) is 5.78 Å². The molecule has 2 rings (SSSR count). The fraction of sp³-hybridized carbons (Fsp3) is 0.111. The maximum Gasteiger partial charge on any atom is 0.186 e. The minimum atomic E-state index is 0.0969. The topological polar surface area (TPSA) is 30.0 Å². The van der Waals surface area contributed by atoms with Gasteiger partial charge in [0.25, 0.3) is 0 Å². The molecule has 0 saturated heterocycles. The van der Waals surface area contributed by atoms with Gasteiger partial charge in [0.2, 0.25) is 0 Å². The maximum absolute atomic E-state index is 11.5. The fourth-order valence-electron chi connectivity index (χ4n) is 1.02. The Bertz CT molecular complexity index is 378. The number of hydrogen-bond donors (Lipinski definition) is 0. The highest BCUT2D eigenvalue weighted by molar-refractivity contribution is 7.08. The monoisotopic (exact) mass is 209 g/mol. The summed E-state index contributed by atoms with van der Waals surface area (Å²) in [7, 11) is 0. The molecule has 0 radical (unpaired) electrons. The summed E-state index contributed by atoms with van der Waals surface area (Å²) in [4.78, 5) is 15.5. The van der Waals surface area contributed by atoms with Crippen LogP contribution in [0.1, 0.15) is 16.1 Å². The molecule has 0 unspecified atom stereocenters. The number of Topliss-reactive ketones (excluding diaryl/α,β-unsaturated/α-hetero) is 1. The predicted octanol–water partition coefficient (Wildman–Crippen LogP) is 2.63. The molecule has 0 N–H and O–H groups in total.